The van der Waals surface area contributed by atoms with Crippen LogP contribution in [0.15, 0.2) is 34.4 Å². The molecule has 0 spiro atoms. The average molecular weight is 309 g/mol. The van der Waals surface area contributed by atoms with Gasteiger partial charge in [-0.1, -0.05) is 25.6 Å². The molecular weight excluding hydrogens is 292 g/mol. The van der Waals surface area contributed by atoms with E-state index in [1.165, 1.54) is 24.2 Å². The summed E-state index contributed by atoms with van der Waals surface area (Å²) in [5.41, 5.74) is 0.981. The molecule has 0 saturated heterocycles. The Morgan fingerprint density at radius 2 is 1.95 bits per heavy atom. The van der Waals surface area contributed by atoms with Gasteiger partial charge in [-0.2, -0.15) is 0 Å². The van der Waals surface area contributed by atoms with E-state index >= 15 is 0 Å². The Labute approximate surface area is 127 Å². The molecule has 0 aliphatic carbocycles. The second-order valence-corrected chi connectivity index (χ2v) is 5.87. The third-order valence-corrected chi connectivity index (χ3v) is 3.88. The van der Waals surface area contributed by atoms with Crippen molar-refractivity contribution in [2.75, 3.05) is 11.9 Å². The fraction of sp³-hybridized carbons (Fsp3) is 0.333. The Morgan fingerprint density at radius 3 is 2.57 bits per heavy atom. The van der Waals surface area contributed by atoms with Gasteiger partial charge in [-0.25, -0.2) is 18.7 Å². The summed E-state index contributed by atoms with van der Waals surface area (Å²) >= 11 is 1.31. The van der Waals surface area contributed by atoms with Crippen LogP contribution >= 0.6 is 11.8 Å². The quantitative estimate of drug-likeness (QED) is 0.827. The van der Waals surface area contributed by atoms with Crippen molar-refractivity contribution in [1.29, 1.82) is 0 Å². The van der Waals surface area contributed by atoms with Crippen molar-refractivity contribution >= 4 is 17.6 Å². The summed E-state index contributed by atoms with van der Waals surface area (Å²) in [6, 6.07) is 3.85. The lowest BCUT2D eigenvalue weighted by Gasteiger charge is -2.16. The van der Waals surface area contributed by atoms with Crippen LogP contribution in [0.25, 0.3) is 0 Å². The standard InChI is InChI=1S/C15H17F2N3S/c1-4-18-14-13(9(2)3)15(20-8-19-14)21-10-5-6-11(16)12(17)7-10/h5-9H,4H2,1-3H3,(H,18,19,20). The largest absolute Gasteiger partial charge is 0.370 e. The monoisotopic (exact) mass is 309 g/mol. The smallest absolute Gasteiger partial charge is 0.159 e. The van der Waals surface area contributed by atoms with Crippen molar-refractivity contribution in [3.05, 3.63) is 41.7 Å². The number of nitrogens with zero attached hydrogens (tertiary/aromatic N) is 2. The molecule has 0 unspecified atom stereocenters. The molecule has 3 nitrogen and oxygen atoms in total. The maximum absolute atomic E-state index is 13.3. The third-order valence-electron chi connectivity index (χ3n) is 2.87. The predicted molar refractivity (Wildman–Crippen MR) is 80.8 cm³/mol. The molecule has 112 valence electrons. The molecule has 0 aliphatic rings. The topological polar surface area (TPSA) is 37.8 Å². The van der Waals surface area contributed by atoms with E-state index in [0.717, 1.165) is 29.0 Å². The number of hydrogen-bond donors (Lipinski definition) is 1. The molecule has 0 aliphatic heterocycles. The Balaban J connectivity index is 2.38. The molecule has 6 heteroatoms. The number of nitrogens with one attached hydrogen (secondary N) is 1. The van der Waals surface area contributed by atoms with Crippen LogP contribution in [0, 0.1) is 11.6 Å². The van der Waals surface area contributed by atoms with Gasteiger partial charge in [0.15, 0.2) is 11.6 Å². The van der Waals surface area contributed by atoms with Crippen LogP contribution in [-0.4, -0.2) is 16.5 Å². The van der Waals surface area contributed by atoms with Crippen molar-refractivity contribution in [3.63, 3.8) is 0 Å². The van der Waals surface area contributed by atoms with Crippen molar-refractivity contribution in [3.8, 4) is 0 Å². The highest BCUT2D eigenvalue weighted by Crippen LogP contribution is 2.35. The van der Waals surface area contributed by atoms with Gasteiger partial charge >= 0.3 is 0 Å². The molecule has 1 aromatic heterocycles. The van der Waals surface area contributed by atoms with Gasteiger partial charge in [-0.3, -0.25) is 0 Å². The van der Waals surface area contributed by atoms with Gasteiger partial charge in [-0.15, -0.1) is 0 Å². The van der Waals surface area contributed by atoms with Gasteiger partial charge in [-0.05, 0) is 31.0 Å². The Kier molecular flexibility index (Phi) is 5.12. The van der Waals surface area contributed by atoms with Crippen LogP contribution < -0.4 is 5.32 Å². The fourth-order valence-corrected chi connectivity index (χ4v) is 3.01. The summed E-state index contributed by atoms with van der Waals surface area (Å²) in [7, 11) is 0. The van der Waals surface area contributed by atoms with E-state index in [2.05, 4.69) is 29.1 Å². The summed E-state index contributed by atoms with van der Waals surface area (Å²) in [5.74, 6) is -0.702. The highest BCUT2D eigenvalue weighted by molar-refractivity contribution is 7.99. The summed E-state index contributed by atoms with van der Waals surface area (Å²) in [5, 5.41) is 3.96. The molecule has 1 heterocycles. The first-order chi connectivity index (χ1) is 10.0. The van der Waals surface area contributed by atoms with Crippen molar-refractivity contribution in [2.24, 2.45) is 0 Å². The van der Waals surface area contributed by atoms with Gasteiger partial charge in [0.1, 0.15) is 17.2 Å². The molecule has 21 heavy (non-hydrogen) atoms. The number of benzene rings is 1. The van der Waals surface area contributed by atoms with Crippen molar-refractivity contribution in [2.45, 2.75) is 36.6 Å². The second kappa shape index (κ2) is 6.85. The zero-order chi connectivity index (χ0) is 15.4. The van der Waals surface area contributed by atoms with E-state index in [1.807, 2.05) is 6.92 Å². The van der Waals surface area contributed by atoms with E-state index in [1.54, 1.807) is 6.07 Å². The third kappa shape index (κ3) is 3.69. The molecule has 1 aromatic carbocycles. The second-order valence-electron chi connectivity index (χ2n) is 4.80. The van der Waals surface area contributed by atoms with Crippen LogP contribution in [-0.2, 0) is 0 Å². The first-order valence-corrected chi connectivity index (χ1v) is 7.56. The number of aromatic nitrogens is 2. The zero-order valence-corrected chi connectivity index (χ0v) is 13.0. The van der Waals surface area contributed by atoms with Crippen molar-refractivity contribution in [1.82, 2.24) is 9.97 Å². The maximum Gasteiger partial charge on any atom is 0.159 e. The number of rotatable bonds is 5. The van der Waals surface area contributed by atoms with Gasteiger partial charge in [0.2, 0.25) is 0 Å². The van der Waals surface area contributed by atoms with Gasteiger partial charge in [0.25, 0.3) is 0 Å². The van der Waals surface area contributed by atoms with Crippen LogP contribution in [0.4, 0.5) is 14.6 Å². The number of anilines is 1. The maximum atomic E-state index is 13.3. The minimum Gasteiger partial charge on any atom is -0.370 e. The van der Waals surface area contributed by atoms with Crippen LogP contribution in [0.3, 0.4) is 0 Å². The average Bonchev–Trinajstić information content (AvgIpc) is 2.43. The van der Waals surface area contributed by atoms with Crippen LogP contribution in [0.2, 0.25) is 0 Å². The Bertz CT molecular complexity index is 632. The molecule has 0 radical (unpaired) electrons. The Hall–Kier alpha value is -1.69. The molecule has 0 atom stereocenters. The van der Waals surface area contributed by atoms with Crippen LogP contribution in [0.5, 0.6) is 0 Å². The highest BCUT2D eigenvalue weighted by Gasteiger charge is 2.16. The van der Waals surface area contributed by atoms with Crippen LogP contribution in [0.1, 0.15) is 32.3 Å². The molecule has 2 rings (SSSR count). The molecular formula is C15H17F2N3S. The van der Waals surface area contributed by atoms with E-state index < -0.39 is 11.6 Å². The fourth-order valence-electron chi connectivity index (χ4n) is 1.94. The van der Waals surface area contributed by atoms with Gasteiger partial charge < -0.3 is 5.32 Å². The predicted octanol–water partition coefficient (Wildman–Crippen LogP) is 4.46. The summed E-state index contributed by atoms with van der Waals surface area (Å²) in [6.45, 7) is 6.85. The minimum atomic E-state index is -0.855. The van der Waals surface area contributed by atoms with E-state index in [0.29, 0.717) is 4.90 Å². The molecule has 0 amide bonds. The molecule has 1 N–H and O–H groups in total. The summed E-state index contributed by atoms with van der Waals surface area (Å²) < 4.78 is 26.3. The van der Waals surface area contributed by atoms with E-state index in [-0.39, 0.29) is 5.92 Å². The first-order valence-electron chi connectivity index (χ1n) is 6.74. The normalized spacial score (nSPS) is 11.0. The lowest BCUT2D eigenvalue weighted by atomic mass is 10.1. The van der Waals surface area contributed by atoms with E-state index in [4.69, 9.17) is 0 Å². The zero-order valence-electron chi connectivity index (χ0n) is 12.2. The molecule has 0 bridgehead atoms. The van der Waals surface area contributed by atoms with E-state index in [9.17, 15) is 8.78 Å². The van der Waals surface area contributed by atoms with Gasteiger partial charge in [0.05, 0.1) is 0 Å². The molecule has 0 fully saturated rings. The minimum absolute atomic E-state index is 0.216. The highest BCUT2D eigenvalue weighted by atomic mass is 32.2. The summed E-state index contributed by atoms with van der Waals surface area (Å²) in [4.78, 5) is 9.15. The molecule has 0 saturated carbocycles. The van der Waals surface area contributed by atoms with Gasteiger partial charge in [0, 0.05) is 17.0 Å². The number of hydrogen-bond acceptors (Lipinski definition) is 4. The first kappa shape index (κ1) is 15.7. The molecule has 2 aromatic rings. The number of halogens is 2. The summed E-state index contributed by atoms with van der Waals surface area (Å²) in [6.07, 6.45) is 1.48. The lowest BCUT2D eigenvalue weighted by molar-refractivity contribution is 0.506. The SMILES string of the molecule is CCNc1ncnc(Sc2ccc(F)c(F)c2)c1C(C)C. The Morgan fingerprint density at radius 1 is 1.19 bits per heavy atom. The lowest BCUT2D eigenvalue weighted by Crippen LogP contribution is -2.07. The van der Waals surface area contributed by atoms with Crippen molar-refractivity contribution < 1.29 is 8.78 Å².